The van der Waals surface area contributed by atoms with Gasteiger partial charge in [0.15, 0.2) is 0 Å². The molecule has 2 aromatic rings. The van der Waals surface area contributed by atoms with Crippen molar-refractivity contribution in [2.45, 2.75) is 25.4 Å². The summed E-state index contributed by atoms with van der Waals surface area (Å²) in [7, 11) is 0. The average Bonchev–Trinajstić information content (AvgIpc) is 3.13. The number of rotatable bonds is 5. The van der Waals surface area contributed by atoms with E-state index in [-0.39, 0.29) is 5.56 Å². The lowest BCUT2D eigenvalue weighted by Crippen LogP contribution is -2.27. The second-order valence-electron chi connectivity index (χ2n) is 4.77. The Labute approximate surface area is 129 Å². The van der Waals surface area contributed by atoms with Crippen molar-refractivity contribution in [2.24, 2.45) is 0 Å². The van der Waals surface area contributed by atoms with Crippen LogP contribution in [0.5, 0.6) is 0 Å². The van der Waals surface area contributed by atoms with Gasteiger partial charge in [0.2, 0.25) is 0 Å². The summed E-state index contributed by atoms with van der Waals surface area (Å²) < 4.78 is 0.686. The van der Waals surface area contributed by atoms with Crippen molar-refractivity contribution in [1.29, 1.82) is 0 Å². The van der Waals surface area contributed by atoms with Gasteiger partial charge >= 0.3 is 5.97 Å². The Bertz CT molecular complexity index is 626. The van der Waals surface area contributed by atoms with E-state index < -0.39 is 5.97 Å². The molecular formula is C14H13BrN2O2S. The average molecular weight is 353 g/mol. The van der Waals surface area contributed by atoms with Gasteiger partial charge in [0, 0.05) is 21.6 Å². The minimum Gasteiger partial charge on any atom is -0.478 e. The summed E-state index contributed by atoms with van der Waals surface area (Å²) in [5, 5.41) is 11.4. The predicted molar refractivity (Wildman–Crippen MR) is 82.4 cm³/mol. The molecule has 0 aliphatic heterocycles. The number of halogens is 1. The first kappa shape index (κ1) is 13.6. The first-order chi connectivity index (χ1) is 9.65. The Balaban J connectivity index is 1.97. The van der Waals surface area contributed by atoms with Gasteiger partial charge < -0.3 is 10.0 Å². The highest BCUT2D eigenvalue weighted by Crippen LogP contribution is 2.35. The van der Waals surface area contributed by atoms with E-state index in [0.29, 0.717) is 16.3 Å². The van der Waals surface area contributed by atoms with Gasteiger partial charge in [-0.3, -0.25) is 0 Å². The highest BCUT2D eigenvalue weighted by Gasteiger charge is 2.32. The van der Waals surface area contributed by atoms with E-state index >= 15 is 0 Å². The molecule has 2 heterocycles. The number of carboxylic acids is 1. The highest BCUT2D eigenvalue weighted by atomic mass is 79.9. The summed E-state index contributed by atoms with van der Waals surface area (Å²) in [6, 6.07) is 6.11. The number of aromatic nitrogens is 1. The van der Waals surface area contributed by atoms with Crippen LogP contribution in [0.2, 0.25) is 0 Å². The number of aromatic carboxylic acids is 1. The van der Waals surface area contributed by atoms with Gasteiger partial charge in [-0.25, -0.2) is 9.78 Å². The van der Waals surface area contributed by atoms with Crippen molar-refractivity contribution in [3.05, 3.63) is 44.7 Å². The number of hydrogen-bond donors (Lipinski definition) is 1. The molecule has 1 aliphatic rings. The number of pyridine rings is 1. The molecule has 0 radical (unpaired) electrons. The molecule has 0 amide bonds. The molecule has 104 valence electrons. The number of carbonyl (C=O) groups is 1. The molecule has 1 saturated carbocycles. The maximum atomic E-state index is 11.4. The van der Waals surface area contributed by atoms with Gasteiger partial charge in [-0.15, -0.1) is 11.3 Å². The van der Waals surface area contributed by atoms with Crippen LogP contribution in [-0.4, -0.2) is 22.1 Å². The zero-order chi connectivity index (χ0) is 14.1. The van der Waals surface area contributed by atoms with Crippen molar-refractivity contribution in [2.75, 3.05) is 4.90 Å². The van der Waals surface area contributed by atoms with Gasteiger partial charge in [0.25, 0.3) is 0 Å². The maximum absolute atomic E-state index is 11.4. The van der Waals surface area contributed by atoms with Crippen molar-refractivity contribution in [3.8, 4) is 0 Å². The molecule has 0 unspecified atom stereocenters. The third-order valence-corrected chi connectivity index (χ3v) is 4.52. The molecule has 20 heavy (non-hydrogen) atoms. The van der Waals surface area contributed by atoms with Crippen LogP contribution in [0, 0.1) is 0 Å². The van der Waals surface area contributed by atoms with Crippen molar-refractivity contribution in [1.82, 2.24) is 4.98 Å². The van der Waals surface area contributed by atoms with E-state index in [1.165, 1.54) is 4.88 Å². The molecule has 0 spiro atoms. The second kappa shape index (κ2) is 5.54. The van der Waals surface area contributed by atoms with E-state index in [1.807, 2.05) is 11.4 Å². The summed E-state index contributed by atoms with van der Waals surface area (Å²) in [5.74, 6) is -0.373. The third-order valence-electron chi connectivity index (χ3n) is 3.23. The predicted octanol–water partition coefficient (Wildman–Crippen LogP) is 3.77. The maximum Gasteiger partial charge on any atom is 0.339 e. The van der Waals surface area contributed by atoms with Gasteiger partial charge in [0.05, 0.1) is 6.54 Å². The summed E-state index contributed by atoms with van der Waals surface area (Å²) >= 11 is 4.97. The lowest BCUT2D eigenvalue weighted by molar-refractivity contribution is 0.0697. The van der Waals surface area contributed by atoms with Crippen LogP contribution in [0.25, 0.3) is 0 Å². The fourth-order valence-electron chi connectivity index (χ4n) is 2.15. The number of thiophene rings is 1. The van der Waals surface area contributed by atoms with E-state index in [0.717, 1.165) is 19.4 Å². The van der Waals surface area contributed by atoms with Crippen LogP contribution < -0.4 is 4.90 Å². The molecule has 0 aromatic carbocycles. The summed E-state index contributed by atoms with van der Waals surface area (Å²) in [4.78, 5) is 19.1. The number of anilines is 1. The Hall–Kier alpha value is -1.40. The highest BCUT2D eigenvalue weighted by molar-refractivity contribution is 9.10. The minimum atomic E-state index is -0.939. The van der Waals surface area contributed by atoms with Crippen LogP contribution in [0.3, 0.4) is 0 Å². The Morgan fingerprint density at radius 3 is 2.95 bits per heavy atom. The molecule has 0 saturated heterocycles. The van der Waals surface area contributed by atoms with Crippen molar-refractivity contribution in [3.63, 3.8) is 0 Å². The first-order valence-electron chi connectivity index (χ1n) is 6.33. The smallest absolute Gasteiger partial charge is 0.339 e. The molecule has 1 fully saturated rings. The zero-order valence-electron chi connectivity index (χ0n) is 10.6. The van der Waals surface area contributed by atoms with E-state index in [9.17, 15) is 9.90 Å². The molecule has 0 atom stereocenters. The molecular weight excluding hydrogens is 340 g/mol. The van der Waals surface area contributed by atoms with Crippen molar-refractivity contribution < 1.29 is 9.90 Å². The lowest BCUT2D eigenvalue weighted by atomic mass is 10.2. The van der Waals surface area contributed by atoms with Crippen LogP contribution in [0.4, 0.5) is 5.82 Å². The van der Waals surface area contributed by atoms with Gasteiger partial charge in [-0.05, 0) is 46.3 Å². The molecule has 3 rings (SSSR count). The Morgan fingerprint density at radius 2 is 2.35 bits per heavy atom. The third kappa shape index (κ3) is 2.86. The topological polar surface area (TPSA) is 53.4 Å². The van der Waals surface area contributed by atoms with Crippen LogP contribution in [0.1, 0.15) is 28.1 Å². The molecule has 1 aliphatic carbocycles. The van der Waals surface area contributed by atoms with Crippen LogP contribution >= 0.6 is 27.3 Å². The number of carboxylic acid groups (broad SMARTS) is 1. The normalized spacial score (nSPS) is 14.2. The fraction of sp³-hybridized carbons (Fsp3) is 0.286. The lowest BCUT2D eigenvalue weighted by Gasteiger charge is -2.24. The van der Waals surface area contributed by atoms with Crippen LogP contribution in [-0.2, 0) is 6.54 Å². The largest absolute Gasteiger partial charge is 0.478 e. The quantitative estimate of drug-likeness (QED) is 0.889. The molecule has 1 N–H and O–H groups in total. The second-order valence-corrected chi connectivity index (χ2v) is 6.72. The molecule has 2 aromatic heterocycles. The van der Waals surface area contributed by atoms with Gasteiger partial charge in [-0.2, -0.15) is 0 Å². The summed E-state index contributed by atoms with van der Waals surface area (Å²) in [5.41, 5.74) is 0.253. The molecule has 0 bridgehead atoms. The standard InChI is InChI=1S/C14H13BrN2O2S/c15-9-6-12(14(18)19)13(16-7-9)17(10-3-4-10)8-11-2-1-5-20-11/h1-2,5-7,10H,3-4,8H2,(H,18,19). The number of hydrogen-bond acceptors (Lipinski definition) is 4. The zero-order valence-corrected chi connectivity index (χ0v) is 13.0. The van der Waals surface area contributed by atoms with Crippen molar-refractivity contribution >= 4 is 39.1 Å². The molecule has 4 nitrogen and oxygen atoms in total. The Kier molecular flexibility index (Phi) is 3.76. The number of nitrogens with zero attached hydrogens (tertiary/aromatic N) is 2. The van der Waals surface area contributed by atoms with Gasteiger partial charge in [-0.1, -0.05) is 6.07 Å². The Morgan fingerprint density at radius 1 is 1.55 bits per heavy atom. The molecule has 6 heteroatoms. The van der Waals surface area contributed by atoms with E-state index in [2.05, 4.69) is 31.9 Å². The SMILES string of the molecule is O=C(O)c1cc(Br)cnc1N(Cc1cccs1)C1CC1. The monoisotopic (exact) mass is 352 g/mol. The summed E-state index contributed by atoms with van der Waals surface area (Å²) in [6.07, 6.45) is 3.86. The fourth-order valence-corrected chi connectivity index (χ4v) is 3.19. The first-order valence-corrected chi connectivity index (χ1v) is 8.00. The van der Waals surface area contributed by atoms with Gasteiger partial charge in [0.1, 0.15) is 11.4 Å². The summed E-state index contributed by atoms with van der Waals surface area (Å²) in [6.45, 7) is 0.719. The van der Waals surface area contributed by atoms with E-state index in [1.54, 1.807) is 23.6 Å². The van der Waals surface area contributed by atoms with E-state index in [4.69, 9.17) is 0 Å². The minimum absolute atomic E-state index is 0.253. The van der Waals surface area contributed by atoms with Crippen LogP contribution in [0.15, 0.2) is 34.2 Å².